The fraction of sp³-hybridized carbons (Fsp3) is 0.500. The zero-order valence-electron chi connectivity index (χ0n) is 12.4. The lowest BCUT2D eigenvalue weighted by Crippen LogP contribution is -2.41. The van der Waals surface area contributed by atoms with Gasteiger partial charge in [0.05, 0.1) is 5.41 Å². The molecule has 21 heavy (non-hydrogen) atoms. The van der Waals surface area contributed by atoms with Gasteiger partial charge in [0.25, 0.3) is 0 Å². The standard InChI is InChI=1S/C16H18ClNO3/c1-15(2,3)21-14(20)18-9-11-8-16(11,13(18)19)10-4-6-12(17)7-5-10/h4-7,11H,8-9H2,1-3H3/t11-,16+/m1/s1. The first kappa shape index (κ1) is 14.4. The Bertz CT molecular complexity index is 605. The third-order valence-corrected chi connectivity index (χ3v) is 4.36. The molecule has 1 aliphatic carbocycles. The lowest BCUT2D eigenvalue weighted by atomic mass is 9.94. The molecule has 1 saturated heterocycles. The van der Waals surface area contributed by atoms with Crippen molar-refractivity contribution < 1.29 is 14.3 Å². The lowest BCUT2D eigenvalue weighted by molar-refractivity contribution is -0.130. The Morgan fingerprint density at radius 3 is 2.52 bits per heavy atom. The number of hydrogen-bond donors (Lipinski definition) is 0. The zero-order chi connectivity index (χ0) is 15.4. The predicted octanol–water partition coefficient (Wildman–Crippen LogP) is 3.38. The molecule has 2 fully saturated rings. The van der Waals surface area contributed by atoms with Crippen LogP contribution in [0.15, 0.2) is 24.3 Å². The highest BCUT2D eigenvalue weighted by molar-refractivity contribution is 6.30. The SMILES string of the molecule is CC(C)(C)OC(=O)N1C[C@H]2C[C@@]2(c2ccc(Cl)cc2)C1=O. The Labute approximate surface area is 129 Å². The minimum Gasteiger partial charge on any atom is -0.443 e. The Morgan fingerprint density at radius 1 is 1.33 bits per heavy atom. The van der Waals surface area contributed by atoms with Gasteiger partial charge in [0.15, 0.2) is 0 Å². The fourth-order valence-corrected chi connectivity index (χ4v) is 3.18. The number of carbonyl (C=O) groups excluding carboxylic acids is 2. The summed E-state index contributed by atoms with van der Waals surface area (Å²) in [5, 5.41) is 0.641. The molecular weight excluding hydrogens is 290 g/mol. The first-order chi connectivity index (χ1) is 9.74. The van der Waals surface area contributed by atoms with Gasteiger partial charge < -0.3 is 4.74 Å². The van der Waals surface area contributed by atoms with Gasteiger partial charge in [-0.1, -0.05) is 23.7 Å². The minimum absolute atomic E-state index is 0.149. The molecule has 2 aliphatic rings. The van der Waals surface area contributed by atoms with E-state index in [0.717, 1.165) is 12.0 Å². The predicted molar refractivity (Wildman–Crippen MR) is 79.2 cm³/mol. The second kappa shape index (κ2) is 4.47. The van der Waals surface area contributed by atoms with E-state index in [-0.39, 0.29) is 11.8 Å². The van der Waals surface area contributed by atoms with E-state index in [4.69, 9.17) is 16.3 Å². The van der Waals surface area contributed by atoms with Gasteiger partial charge in [-0.15, -0.1) is 0 Å². The molecule has 1 heterocycles. The van der Waals surface area contributed by atoms with Crippen molar-refractivity contribution in [3.05, 3.63) is 34.9 Å². The van der Waals surface area contributed by atoms with E-state index in [1.54, 1.807) is 32.9 Å². The van der Waals surface area contributed by atoms with Crippen LogP contribution in [0, 0.1) is 5.92 Å². The van der Waals surface area contributed by atoms with Gasteiger partial charge in [-0.3, -0.25) is 4.79 Å². The summed E-state index contributed by atoms with van der Waals surface area (Å²) in [6, 6.07) is 7.31. The number of ether oxygens (including phenoxy) is 1. The summed E-state index contributed by atoms with van der Waals surface area (Å²) in [5.41, 5.74) is -0.202. The highest BCUT2D eigenvalue weighted by atomic mass is 35.5. The average molecular weight is 308 g/mol. The van der Waals surface area contributed by atoms with Gasteiger partial charge in [0.2, 0.25) is 5.91 Å². The zero-order valence-corrected chi connectivity index (χ0v) is 13.1. The number of fused-ring (bicyclic) bond motifs is 1. The Balaban J connectivity index is 1.82. The number of hydrogen-bond acceptors (Lipinski definition) is 3. The van der Waals surface area contributed by atoms with Crippen molar-refractivity contribution in [3.8, 4) is 0 Å². The van der Waals surface area contributed by atoms with Crippen LogP contribution in [0.1, 0.15) is 32.8 Å². The smallest absolute Gasteiger partial charge is 0.417 e. The van der Waals surface area contributed by atoms with E-state index < -0.39 is 17.1 Å². The first-order valence-electron chi connectivity index (χ1n) is 7.05. The van der Waals surface area contributed by atoms with Gasteiger partial charge >= 0.3 is 6.09 Å². The molecule has 4 nitrogen and oxygen atoms in total. The summed E-state index contributed by atoms with van der Waals surface area (Å²) in [4.78, 5) is 26.0. The van der Waals surface area contributed by atoms with Gasteiger partial charge in [-0.25, -0.2) is 9.69 Å². The van der Waals surface area contributed by atoms with Crippen molar-refractivity contribution >= 4 is 23.6 Å². The van der Waals surface area contributed by atoms with Crippen molar-refractivity contribution in [2.24, 2.45) is 5.92 Å². The second-order valence-corrected chi connectivity index (χ2v) is 7.21. The molecule has 0 aromatic heterocycles. The summed E-state index contributed by atoms with van der Waals surface area (Å²) >= 11 is 5.90. The highest BCUT2D eigenvalue weighted by Crippen LogP contribution is 2.60. The topological polar surface area (TPSA) is 46.6 Å². The van der Waals surface area contributed by atoms with Crippen molar-refractivity contribution in [2.45, 2.75) is 38.2 Å². The number of piperidine rings is 1. The largest absolute Gasteiger partial charge is 0.443 e. The van der Waals surface area contributed by atoms with Crippen LogP contribution in [-0.4, -0.2) is 29.0 Å². The minimum atomic E-state index is -0.600. The maximum atomic E-state index is 12.7. The van der Waals surface area contributed by atoms with E-state index in [1.807, 2.05) is 12.1 Å². The van der Waals surface area contributed by atoms with E-state index in [1.165, 1.54) is 4.90 Å². The summed E-state index contributed by atoms with van der Waals surface area (Å²) in [6.45, 7) is 5.82. The Hall–Kier alpha value is -1.55. The third-order valence-electron chi connectivity index (χ3n) is 4.11. The number of benzene rings is 1. The van der Waals surface area contributed by atoms with Crippen molar-refractivity contribution in [1.82, 2.24) is 4.90 Å². The van der Waals surface area contributed by atoms with Crippen molar-refractivity contribution in [3.63, 3.8) is 0 Å². The van der Waals surface area contributed by atoms with Crippen molar-refractivity contribution in [1.29, 1.82) is 0 Å². The molecule has 3 rings (SSSR count). The molecule has 0 N–H and O–H groups in total. The molecule has 5 heteroatoms. The van der Waals surface area contributed by atoms with Gasteiger partial charge in [0, 0.05) is 11.6 Å². The van der Waals surface area contributed by atoms with E-state index in [2.05, 4.69) is 0 Å². The molecule has 0 bridgehead atoms. The number of rotatable bonds is 1. The molecule has 112 valence electrons. The lowest BCUT2D eigenvalue weighted by Gasteiger charge is -2.25. The Morgan fingerprint density at radius 2 is 1.95 bits per heavy atom. The molecule has 1 aromatic carbocycles. The van der Waals surface area contributed by atoms with Crippen LogP contribution in [0.25, 0.3) is 0 Å². The molecule has 0 unspecified atom stereocenters. The van der Waals surface area contributed by atoms with Crippen LogP contribution in [0.2, 0.25) is 5.02 Å². The van der Waals surface area contributed by atoms with Gasteiger partial charge in [0.1, 0.15) is 5.60 Å². The second-order valence-electron chi connectivity index (χ2n) is 6.78. The average Bonchev–Trinajstić information content (AvgIpc) is 3.02. The number of likely N-dealkylation sites (tertiary alicyclic amines) is 1. The fourth-order valence-electron chi connectivity index (χ4n) is 3.05. The molecular formula is C16H18ClNO3. The van der Waals surface area contributed by atoms with E-state index in [9.17, 15) is 9.59 Å². The number of halogens is 1. The van der Waals surface area contributed by atoms with Crippen molar-refractivity contribution in [2.75, 3.05) is 6.54 Å². The molecule has 1 aliphatic heterocycles. The van der Waals surface area contributed by atoms with Crippen LogP contribution >= 0.6 is 11.6 Å². The third kappa shape index (κ3) is 2.31. The summed E-state index contributed by atoms with van der Waals surface area (Å²) < 4.78 is 5.31. The summed E-state index contributed by atoms with van der Waals surface area (Å²) in [6.07, 6.45) is 0.250. The van der Waals surface area contributed by atoms with Crippen LogP contribution in [-0.2, 0) is 14.9 Å². The number of nitrogens with zero attached hydrogens (tertiary/aromatic N) is 1. The van der Waals surface area contributed by atoms with Crippen LogP contribution < -0.4 is 0 Å². The molecule has 0 radical (unpaired) electrons. The van der Waals surface area contributed by atoms with E-state index in [0.29, 0.717) is 11.6 Å². The molecule has 1 saturated carbocycles. The first-order valence-corrected chi connectivity index (χ1v) is 7.43. The van der Waals surface area contributed by atoms with Crippen LogP contribution in [0.4, 0.5) is 4.79 Å². The maximum absolute atomic E-state index is 12.7. The van der Waals surface area contributed by atoms with Crippen LogP contribution in [0.3, 0.4) is 0 Å². The highest BCUT2D eigenvalue weighted by Gasteiger charge is 2.68. The summed E-state index contributed by atoms with van der Waals surface area (Å²) in [7, 11) is 0. The van der Waals surface area contributed by atoms with Crippen LogP contribution in [0.5, 0.6) is 0 Å². The molecule has 0 spiro atoms. The summed E-state index contributed by atoms with van der Waals surface area (Å²) in [5.74, 6) is 0.0442. The number of carbonyl (C=O) groups is 2. The molecule has 2 amide bonds. The number of amides is 2. The van der Waals surface area contributed by atoms with E-state index >= 15 is 0 Å². The molecule has 2 atom stereocenters. The number of imide groups is 1. The van der Waals surface area contributed by atoms with Gasteiger partial charge in [-0.05, 0) is 50.8 Å². The maximum Gasteiger partial charge on any atom is 0.417 e. The quantitative estimate of drug-likeness (QED) is 0.799. The monoisotopic (exact) mass is 307 g/mol. The normalized spacial score (nSPS) is 27.5. The molecule has 1 aromatic rings. The van der Waals surface area contributed by atoms with Gasteiger partial charge in [-0.2, -0.15) is 0 Å². The Kier molecular flexibility index (Phi) is 3.06.